The van der Waals surface area contributed by atoms with Crippen LogP contribution in [0.3, 0.4) is 0 Å². The Kier molecular flexibility index (Phi) is 6.82. The molecule has 0 radical (unpaired) electrons. The van der Waals surface area contributed by atoms with Crippen molar-refractivity contribution in [1.82, 2.24) is 4.90 Å². The van der Waals surface area contributed by atoms with Crippen molar-refractivity contribution in [2.45, 2.75) is 44.0 Å². The van der Waals surface area contributed by atoms with E-state index in [1.807, 2.05) is 0 Å². The first kappa shape index (κ1) is 16.5. The minimum absolute atomic E-state index is 0.222. The van der Waals surface area contributed by atoms with Crippen molar-refractivity contribution in [2.75, 3.05) is 26.2 Å². The summed E-state index contributed by atoms with van der Waals surface area (Å²) in [6.07, 6.45) is 5.01. The molecule has 110 valence electrons. The highest BCUT2D eigenvalue weighted by atomic mass is 16.4. The summed E-state index contributed by atoms with van der Waals surface area (Å²) in [5, 5.41) is 18.4. The van der Waals surface area contributed by atoms with Crippen molar-refractivity contribution in [3.05, 3.63) is 0 Å². The molecule has 4 N–H and O–H groups in total. The van der Waals surface area contributed by atoms with Gasteiger partial charge >= 0.3 is 5.97 Å². The summed E-state index contributed by atoms with van der Waals surface area (Å²) in [5.74, 6) is -0.543. The zero-order valence-electron chi connectivity index (χ0n) is 12.0. The fourth-order valence-electron chi connectivity index (χ4n) is 2.65. The van der Waals surface area contributed by atoms with E-state index in [2.05, 4.69) is 12.7 Å². The molecule has 6 heteroatoms. The molecule has 1 fully saturated rings. The monoisotopic (exact) mass is 270 g/mol. The predicted octanol–water partition coefficient (Wildman–Crippen LogP) is -0.305. The Hall–Kier alpha value is -0.585. The number of aliphatic hydroxyl groups is 1. The van der Waals surface area contributed by atoms with Crippen molar-refractivity contribution in [1.29, 1.82) is 0 Å². The summed E-state index contributed by atoms with van der Waals surface area (Å²) in [7, 11) is 2.10. The van der Waals surface area contributed by atoms with E-state index >= 15 is 0 Å². The van der Waals surface area contributed by atoms with Crippen LogP contribution < -0.4 is 5.73 Å². The van der Waals surface area contributed by atoms with Gasteiger partial charge in [0.1, 0.15) is 13.4 Å². The van der Waals surface area contributed by atoms with Crippen LogP contribution in [0.4, 0.5) is 0 Å². The van der Waals surface area contributed by atoms with Crippen LogP contribution in [0.25, 0.3) is 0 Å². The number of aliphatic carboxylic acids is 1. The van der Waals surface area contributed by atoms with Gasteiger partial charge in [-0.2, -0.15) is 0 Å². The summed E-state index contributed by atoms with van der Waals surface area (Å²) < 4.78 is 0. The standard InChI is InChI=1S/C13H27BN2O3/c14-6-2-1-4-13(15,12(18)19)5-8-16-7-3-11(9-16)10-17/h11,17H,1-10,14-15H2,(H,18,19)/t11-,13-/m1/s1. The molecular weight excluding hydrogens is 243 g/mol. The van der Waals surface area contributed by atoms with Crippen LogP contribution in [-0.4, -0.2) is 60.7 Å². The maximum Gasteiger partial charge on any atom is 0.323 e. The maximum absolute atomic E-state index is 11.4. The van der Waals surface area contributed by atoms with Crippen molar-refractivity contribution in [2.24, 2.45) is 11.7 Å². The summed E-state index contributed by atoms with van der Waals surface area (Å²) in [6, 6.07) is 0. The second-order valence-corrected chi connectivity index (χ2v) is 5.81. The molecule has 1 aliphatic heterocycles. The highest BCUT2D eigenvalue weighted by Crippen LogP contribution is 2.21. The molecule has 0 bridgehead atoms. The highest BCUT2D eigenvalue weighted by molar-refractivity contribution is 6.08. The van der Waals surface area contributed by atoms with Crippen LogP contribution in [0, 0.1) is 5.92 Å². The smallest absolute Gasteiger partial charge is 0.323 e. The summed E-state index contributed by atoms with van der Waals surface area (Å²) in [4.78, 5) is 13.6. The number of hydrogen-bond acceptors (Lipinski definition) is 4. The average molecular weight is 270 g/mol. The number of carboxylic acids is 1. The number of nitrogens with two attached hydrogens (primary N) is 1. The van der Waals surface area contributed by atoms with Gasteiger partial charge in [0, 0.05) is 19.7 Å². The fourth-order valence-corrected chi connectivity index (χ4v) is 2.65. The Morgan fingerprint density at radius 2 is 2.16 bits per heavy atom. The Morgan fingerprint density at radius 1 is 1.42 bits per heavy atom. The minimum atomic E-state index is -1.09. The highest BCUT2D eigenvalue weighted by Gasteiger charge is 2.34. The topological polar surface area (TPSA) is 86.8 Å². The van der Waals surface area contributed by atoms with E-state index in [4.69, 9.17) is 10.8 Å². The molecular formula is C13H27BN2O3. The number of carboxylic acid groups (broad SMARTS) is 1. The average Bonchev–Trinajstić information content (AvgIpc) is 2.84. The minimum Gasteiger partial charge on any atom is -0.480 e. The lowest BCUT2D eigenvalue weighted by Crippen LogP contribution is -2.50. The van der Waals surface area contributed by atoms with Crippen LogP contribution in [0.1, 0.15) is 32.1 Å². The quantitative estimate of drug-likeness (QED) is 0.395. The maximum atomic E-state index is 11.4. The third-order valence-electron chi connectivity index (χ3n) is 4.15. The van der Waals surface area contributed by atoms with Gasteiger partial charge in [-0.15, -0.1) is 0 Å². The Labute approximate surface area is 116 Å². The number of rotatable bonds is 9. The predicted molar refractivity (Wildman–Crippen MR) is 78.0 cm³/mol. The van der Waals surface area contributed by atoms with E-state index in [9.17, 15) is 9.90 Å². The van der Waals surface area contributed by atoms with Crippen molar-refractivity contribution >= 4 is 13.8 Å². The van der Waals surface area contributed by atoms with E-state index in [1.165, 1.54) is 0 Å². The molecule has 19 heavy (non-hydrogen) atoms. The number of carbonyl (C=O) groups is 1. The third-order valence-corrected chi connectivity index (χ3v) is 4.15. The van der Waals surface area contributed by atoms with Gasteiger partial charge in [-0.25, -0.2) is 0 Å². The molecule has 0 amide bonds. The lowest BCUT2D eigenvalue weighted by Gasteiger charge is -2.27. The van der Waals surface area contributed by atoms with Crippen LogP contribution >= 0.6 is 0 Å². The molecule has 0 aromatic carbocycles. The molecule has 0 spiro atoms. The van der Waals surface area contributed by atoms with Crippen LogP contribution in [0.5, 0.6) is 0 Å². The zero-order chi connectivity index (χ0) is 14.3. The largest absolute Gasteiger partial charge is 0.480 e. The first-order valence-electron chi connectivity index (χ1n) is 7.37. The molecule has 1 aliphatic rings. The fraction of sp³-hybridized carbons (Fsp3) is 0.923. The van der Waals surface area contributed by atoms with Gasteiger partial charge in [0.2, 0.25) is 0 Å². The van der Waals surface area contributed by atoms with E-state index in [-0.39, 0.29) is 6.61 Å². The Bertz CT molecular complexity index is 291. The summed E-state index contributed by atoms with van der Waals surface area (Å²) in [6.45, 7) is 2.74. The van der Waals surface area contributed by atoms with Crippen LogP contribution in [-0.2, 0) is 4.79 Å². The van der Waals surface area contributed by atoms with E-state index in [0.29, 0.717) is 25.3 Å². The lowest BCUT2D eigenvalue weighted by molar-refractivity contribution is -0.144. The first-order chi connectivity index (χ1) is 9.01. The third kappa shape index (κ3) is 5.13. The molecule has 0 aliphatic carbocycles. The molecule has 1 rings (SSSR count). The lowest BCUT2D eigenvalue weighted by atomic mass is 9.88. The molecule has 1 heterocycles. The van der Waals surface area contributed by atoms with Gasteiger partial charge < -0.3 is 20.8 Å². The molecule has 0 aromatic rings. The van der Waals surface area contributed by atoms with Gasteiger partial charge in [-0.3, -0.25) is 4.79 Å². The molecule has 5 nitrogen and oxygen atoms in total. The van der Waals surface area contributed by atoms with E-state index < -0.39 is 11.5 Å². The Morgan fingerprint density at radius 3 is 2.68 bits per heavy atom. The van der Waals surface area contributed by atoms with Crippen LogP contribution in [0.2, 0.25) is 6.32 Å². The summed E-state index contributed by atoms with van der Waals surface area (Å²) >= 11 is 0. The van der Waals surface area contributed by atoms with Crippen molar-refractivity contribution < 1.29 is 15.0 Å². The van der Waals surface area contributed by atoms with E-state index in [0.717, 1.165) is 38.7 Å². The molecule has 1 saturated heterocycles. The number of aliphatic hydroxyl groups excluding tert-OH is 1. The number of nitrogens with zero attached hydrogens (tertiary/aromatic N) is 1. The first-order valence-corrected chi connectivity index (χ1v) is 7.37. The van der Waals surface area contributed by atoms with Gasteiger partial charge in [-0.05, 0) is 31.7 Å². The molecule has 0 unspecified atom stereocenters. The Balaban J connectivity index is 2.39. The number of hydrogen-bond donors (Lipinski definition) is 3. The molecule has 2 atom stereocenters. The SMILES string of the molecule is BCCCC[C@@](N)(CCN1CC[C@@H](CO)C1)C(=O)O. The van der Waals surface area contributed by atoms with Crippen molar-refractivity contribution in [3.8, 4) is 0 Å². The van der Waals surface area contributed by atoms with Crippen LogP contribution in [0.15, 0.2) is 0 Å². The normalized spacial score (nSPS) is 23.4. The summed E-state index contributed by atoms with van der Waals surface area (Å²) in [5.41, 5.74) is 4.96. The van der Waals surface area contributed by atoms with Gasteiger partial charge in [-0.1, -0.05) is 19.2 Å². The number of likely N-dealkylation sites (tertiary alicyclic amines) is 1. The zero-order valence-corrected chi connectivity index (χ0v) is 12.0. The van der Waals surface area contributed by atoms with Gasteiger partial charge in [0.05, 0.1) is 0 Å². The van der Waals surface area contributed by atoms with Gasteiger partial charge in [0.25, 0.3) is 0 Å². The second kappa shape index (κ2) is 7.87. The molecule has 0 saturated carbocycles. The number of unbranched alkanes of at least 4 members (excludes halogenated alkanes) is 1. The van der Waals surface area contributed by atoms with E-state index in [1.54, 1.807) is 0 Å². The van der Waals surface area contributed by atoms with Gasteiger partial charge in [0.15, 0.2) is 0 Å². The van der Waals surface area contributed by atoms with Crippen molar-refractivity contribution in [3.63, 3.8) is 0 Å². The second-order valence-electron chi connectivity index (χ2n) is 5.81. The molecule has 0 aromatic heterocycles.